The Hall–Kier alpha value is -1.67. The number of nitrogens with zero attached hydrogens (tertiary/aromatic N) is 4. The van der Waals surface area contributed by atoms with E-state index in [9.17, 15) is 0 Å². The van der Waals surface area contributed by atoms with Gasteiger partial charge in [-0.3, -0.25) is 4.90 Å². The molecule has 1 aromatic carbocycles. The average Bonchev–Trinajstić information content (AvgIpc) is 3.20. The lowest BCUT2D eigenvalue weighted by atomic mass is 10.1. The first kappa shape index (κ1) is 17.7. The molecule has 1 atom stereocenters. The number of benzene rings is 1. The van der Waals surface area contributed by atoms with Crippen LogP contribution in [0.1, 0.15) is 6.92 Å². The van der Waals surface area contributed by atoms with Crippen LogP contribution in [0.15, 0.2) is 30.5 Å². The molecule has 1 unspecified atom stereocenters. The smallest absolute Gasteiger partial charge is 0.214 e. The summed E-state index contributed by atoms with van der Waals surface area (Å²) in [6.45, 7) is 8.00. The first-order valence-electron chi connectivity index (χ1n) is 8.83. The Morgan fingerprint density at radius 1 is 1.27 bits per heavy atom. The second-order valence-electron chi connectivity index (χ2n) is 6.67. The number of ether oxygens (including phenoxy) is 1. The molecule has 4 rings (SSSR count). The number of imidazole rings is 1. The lowest BCUT2D eigenvalue weighted by molar-refractivity contribution is 0.0325. The van der Waals surface area contributed by atoms with Crippen molar-refractivity contribution in [2.75, 3.05) is 44.7 Å². The number of halogens is 1. The third-order valence-corrected chi connectivity index (χ3v) is 5.59. The highest BCUT2D eigenvalue weighted by Crippen LogP contribution is 2.25. The second kappa shape index (κ2) is 7.92. The van der Waals surface area contributed by atoms with Gasteiger partial charge in [-0.25, -0.2) is 9.50 Å². The van der Waals surface area contributed by atoms with Crippen LogP contribution in [0.3, 0.4) is 0 Å². The Labute approximate surface area is 161 Å². The molecule has 0 spiro atoms. The molecule has 0 amide bonds. The van der Waals surface area contributed by atoms with Crippen molar-refractivity contribution in [3.05, 3.63) is 35.5 Å². The van der Waals surface area contributed by atoms with Crippen molar-refractivity contribution in [2.45, 2.75) is 6.92 Å². The van der Waals surface area contributed by atoms with Crippen LogP contribution in [0.2, 0.25) is 5.02 Å². The van der Waals surface area contributed by atoms with Crippen molar-refractivity contribution in [3.8, 4) is 11.3 Å². The summed E-state index contributed by atoms with van der Waals surface area (Å²) in [5.41, 5.74) is 1.95. The summed E-state index contributed by atoms with van der Waals surface area (Å²) in [5.74, 6) is 0.550. The molecule has 138 valence electrons. The molecule has 1 saturated heterocycles. The minimum Gasteiger partial charge on any atom is -0.379 e. The zero-order valence-electron chi connectivity index (χ0n) is 14.7. The summed E-state index contributed by atoms with van der Waals surface area (Å²) >= 11 is 7.52. The van der Waals surface area contributed by atoms with Gasteiger partial charge in [-0.05, 0) is 18.1 Å². The molecule has 1 aliphatic heterocycles. The van der Waals surface area contributed by atoms with Gasteiger partial charge in [0.15, 0.2) is 0 Å². The third kappa shape index (κ3) is 4.17. The van der Waals surface area contributed by atoms with E-state index < -0.39 is 0 Å². The summed E-state index contributed by atoms with van der Waals surface area (Å²) in [5, 5.41) is 9.68. The largest absolute Gasteiger partial charge is 0.379 e. The third-order valence-electron chi connectivity index (χ3n) is 4.46. The molecule has 2 aromatic heterocycles. The topological polar surface area (TPSA) is 54.7 Å². The van der Waals surface area contributed by atoms with Crippen LogP contribution in [0.5, 0.6) is 0 Å². The molecule has 1 fully saturated rings. The van der Waals surface area contributed by atoms with Gasteiger partial charge in [0.2, 0.25) is 10.1 Å². The van der Waals surface area contributed by atoms with E-state index in [0.717, 1.165) is 65.8 Å². The Bertz CT molecular complexity index is 825. The van der Waals surface area contributed by atoms with Crippen molar-refractivity contribution in [2.24, 2.45) is 5.92 Å². The van der Waals surface area contributed by atoms with Gasteiger partial charge in [0.05, 0.1) is 25.1 Å². The number of morpholine rings is 1. The highest BCUT2D eigenvalue weighted by Gasteiger charge is 2.15. The fourth-order valence-electron chi connectivity index (χ4n) is 3.08. The highest BCUT2D eigenvalue weighted by atomic mass is 35.5. The molecule has 3 heterocycles. The molecule has 0 aliphatic carbocycles. The van der Waals surface area contributed by atoms with Gasteiger partial charge in [-0.2, -0.15) is 0 Å². The normalized spacial score (nSPS) is 16.8. The second-order valence-corrected chi connectivity index (χ2v) is 8.06. The fourth-order valence-corrected chi connectivity index (χ4v) is 4.00. The number of hydrogen-bond donors (Lipinski definition) is 1. The van der Waals surface area contributed by atoms with Gasteiger partial charge in [-0.15, -0.1) is 5.10 Å². The van der Waals surface area contributed by atoms with Crippen LogP contribution in [-0.2, 0) is 4.74 Å². The number of nitrogens with one attached hydrogen (secondary N) is 1. The molecule has 6 nitrogen and oxygen atoms in total. The van der Waals surface area contributed by atoms with Gasteiger partial charge in [0.1, 0.15) is 0 Å². The van der Waals surface area contributed by atoms with Crippen LogP contribution >= 0.6 is 22.9 Å². The lowest BCUT2D eigenvalue weighted by Gasteiger charge is -2.29. The maximum Gasteiger partial charge on any atom is 0.214 e. The van der Waals surface area contributed by atoms with E-state index in [1.165, 1.54) is 0 Å². The van der Waals surface area contributed by atoms with Gasteiger partial charge in [0, 0.05) is 36.8 Å². The van der Waals surface area contributed by atoms with Crippen molar-refractivity contribution in [1.82, 2.24) is 19.5 Å². The predicted octanol–water partition coefficient (Wildman–Crippen LogP) is 3.49. The van der Waals surface area contributed by atoms with E-state index >= 15 is 0 Å². The number of anilines is 1. The van der Waals surface area contributed by atoms with Crippen molar-refractivity contribution < 1.29 is 4.74 Å². The SMILES string of the molecule is CC(CNc1nn2cc(-c3ccc(Cl)cc3)nc2s1)CN1CCOCC1. The van der Waals surface area contributed by atoms with Gasteiger partial charge in [0.25, 0.3) is 0 Å². The molecule has 1 N–H and O–H groups in total. The number of fused-ring (bicyclic) bond motifs is 1. The van der Waals surface area contributed by atoms with Crippen molar-refractivity contribution in [1.29, 1.82) is 0 Å². The molecule has 0 saturated carbocycles. The maximum absolute atomic E-state index is 5.95. The Morgan fingerprint density at radius 2 is 2.04 bits per heavy atom. The fraction of sp³-hybridized carbons (Fsp3) is 0.444. The Balaban J connectivity index is 1.35. The van der Waals surface area contributed by atoms with E-state index in [1.807, 2.05) is 35.0 Å². The van der Waals surface area contributed by atoms with Crippen LogP contribution in [0.4, 0.5) is 5.13 Å². The molecule has 26 heavy (non-hydrogen) atoms. The standard InChI is InChI=1S/C18H22ClN5OS/c1-13(11-23-6-8-25-9-7-23)10-20-17-22-24-12-16(21-18(24)26-17)14-2-4-15(19)5-3-14/h2-5,12-13H,6-11H2,1H3,(H,20,22). The molecule has 1 aliphatic rings. The van der Waals surface area contributed by atoms with Crippen LogP contribution in [0.25, 0.3) is 16.2 Å². The molecule has 8 heteroatoms. The van der Waals surface area contributed by atoms with Gasteiger partial charge in [-0.1, -0.05) is 42.0 Å². The van der Waals surface area contributed by atoms with E-state index in [0.29, 0.717) is 5.92 Å². The monoisotopic (exact) mass is 391 g/mol. The van der Waals surface area contributed by atoms with Crippen molar-refractivity contribution in [3.63, 3.8) is 0 Å². The summed E-state index contributed by atoms with van der Waals surface area (Å²) in [7, 11) is 0. The minimum absolute atomic E-state index is 0.550. The zero-order valence-corrected chi connectivity index (χ0v) is 16.3. The van der Waals surface area contributed by atoms with Gasteiger partial charge >= 0.3 is 0 Å². The average molecular weight is 392 g/mol. The van der Waals surface area contributed by atoms with Crippen LogP contribution < -0.4 is 5.32 Å². The quantitative estimate of drug-likeness (QED) is 0.697. The molecule has 3 aromatic rings. The lowest BCUT2D eigenvalue weighted by Crippen LogP contribution is -2.40. The predicted molar refractivity (Wildman–Crippen MR) is 106 cm³/mol. The van der Waals surface area contributed by atoms with E-state index in [2.05, 4.69) is 27.2 Å². The minimum atomic E-state index is 0.550. The zero-order chi connectivity index (χ0) is 17.9. The summed E-state index contributed by atoms with van der Waals surface area (Å²) < 4.78 is 7.24. The Morgan fingerprint density at radius 3 is 2.77 bits per heavy atom. The van der Waals surface area contributed by atoms with E-state index in [4.69, 9.17) is 16.3 Å². The molecular formula is C18H22ClN5OS. The Kier molecular flexibility index (Phi) is 5.40. The number of rotatable bonds is 6. The molecule has 0 radical (unpaired) electrons. The van der Waals surface area contributed by atoms with E-state index in [-0.39, 0.29) is 0 Å². The molecular weight excluding hydrogens is 370 g/mol. The first-order chi connectivity index (χ1) is 12.7. The summed E-state index contributed by atoms with van der Waals surface area (Å²) in [6, 6.07) is 7.70. The molecule has 0 bridgehead atoms. The van der Waals surface area contributed by atoms with Crippen LogP contribution in [0, 0.1) is 5.92 Å². The van der Waals surface area contributed by atoms with Crippen LogP contribution in [-0.4, -0.2) is 58.9 Å². The van der Waals surface area contributed by atoms with Gasteiger partial charge < -0.3 is 10.1 Å². The number of aromatic nitrogens is 3. The first-order valence-corrected chi connectivity index (χ1v) is 10.0. The summed E-state index contributed by atoms with van der Waals surface area (Å²) in [6.07, 6.45) is 1.96. The van der Waals surface area contributed by atoms with Crippen molar-refractivity contribution >= 4 is 33.0 Å². The maximum atomic E-state index is 5.95. The summed E-state index contributed by atoms with van der Waals surface area (Å²) in [4.78, 5) is 8.02. The van der Waals surface area contributed by atoms with E-state index in [1.54, 1.807) is 11.3 Å². The number of hydrogen-bond acceptors (Lipinski definition) is 6. The highest BCUT2D eigenvalue weighted by molar-refractivity contribution is 7.20.